The van der Waals surface area contributed by atoms with Crippen molar-refractivity contribution in [2.45, 2.75) is 13.8 Å². The zero-order valence-electron chi connectivity index (χ0n) is 11.8. The molecule has 0 saturated carbocycles. The summed E-state index contributed by atoms with van der Waals surface area (Å²) in [5, 5.41) is 21.1. The smallest absolute Gasteiger partial charge is 0.212 e. The second-order valence-electron chi connectivity index (χ2n) is 4.55. The van der Waals surface area contributed by atoms with Gasteiger partial charge in [-0.25, -0.2) is 0 Å². The minimum atomic E-state index is 0.445. The normalized spacial score (nSPS) is 10.5. The van der Waals surface area contributed by atoms with Crippen LogP contribution >= 0.6 is 35.1 Å². The summed E-state index contributed by atoms with van der Waals surface area (Å²) in [5.74, 6) is 0. The van der Waals surface area contributed by atoms with E-state index < -0.39 is 0 Å². The Morgan fingerprint density at radius 1 is 1.14 bits per heavy atom. The molecule has 0 radical (unpaired) electrons. The van der Waals surface area contributed by atoms with Gasteiger partial charge in [-0.15, -0.1) is 15.3 Å². The van der Waals surface area contributed by atoms with Crippen LogP contribution in [0.1, 0.15) is 11.3 Å². The molecule has 0 aliphatic heterocycles. The molecule has 2 heterocycles. The monoisotopic (exact) mass is 348 g/mol. The standard InChI is InChI=1S/C13H12N6S3/c1-7-4-3-5-9(6-7)11-17-18-13(21-11)15-12(20)14-10-8(2)16-19-22-10/h3-6H,1-2H3,(H2,14,15,18,20). The molecule has 0 fully saturated rings. The lowest BCUT2D eigenvalue weighted by molar-refractivity contribution is 1.09. The van der Waals surface area contributed by atoms with Crippen LogP contribution in [0.4, 0.5) is 10.1 Å². The Balaban J connectivity index is 1.69. The Hall–Kier alpha value is -1.97. The van der Waals surface area contributed by atoms with Crippen molar-refractivity contribution in [1.29, 1.82) is 0 Å². The largest absolute Gasteiger partial charge is 0.321 e. The summed E-state index contributed by atoms with van der Waals surface area (Å²) in [7, 11) is 0. The lowest BCUT2D eigenvalue weighted by Crippen LogP contribution is -2.18. The first kappa shape index (κ1) is 14.9. The third-order valence-corrected chi connectivity index (χ3v) is 4.62. The predicted octanol–water partition coefficient (Wildman–Crippen LogP) is 3.48. The van der Waals surface area contributed by atoms with Crippen molar-refractivity contribution < 1.29 is 0 Å². The molecular weight excluding hydrogens is 336 g/mol. The summed E-state index contributed by atoms with van der Waals surface area (Å²) >= 11 is 7.97. The van der Waals surface area contributed by atoms with Crippen molar-refractivity contribution in [3.8, 4) is 10.6 Å². The number of hydrogen-bond donors (Lipinski definition) is 2. The fraction of sp³-hybridized carbons (Fsp3) is 0.154. The third kappa shape index (κ3) is 3.43. The fourth-order valence-corrected chi connectivity index (χ4v) is 3.39. The minimum Gasteiger partial charge on any atom is -0.321 e. The maximum Gasteiger partial charge on any atom is 0.212 e. The van der Waals surface area contributed by atoms with Crippen molar-refractivity contribution >= 4 is 50.3 Å². The van der Waals surface area contributed by atoms with Crippen LogP contribution in [0.3, 0.4) is 0 Å². The van der Waals surface area contributed by atoms with Crippen molar-refractivity contribution in [3.05, 3.63) is 35.5 Å². The molecule has 1 aromatic carbocycles. The van der Waals surface area contributed by atoms with Gasteiger partial charge in [-0.3, -0.25) is 0 Å². The topological polar surface area (TPSA) is 75.6 Å². The molecule has 0 bridgehead atoms. The van der Waals surface area contributed by atoms with Crippen molar-refractivity contribution in [3.63, 3.8) is 0 Å². The first-order chi connectivity index (χ1) is 10.6. The van der Waals surface area contributed by atoms with Gasteiger partial charge in [0.15, 0.2) is 5.11 Å². The Kier molecular flexibility index (Phi) is 4.36. The summed E-state index contributed by atoms with van der Waals surface area (Å²) in [6.07, 6.45) is 0. The van der Waals surface area contributed by atoms with Crippen LogP contribution in [0.5, 0.6) is 0 Å². The van der Waals surface area contributed by atoms with E-state index in [1.165, 1.54) is 28.4 Å². The van der Waals surface area contributed by atoms with Crippen LogP contribution in [0.2, 0.25) is 0 Å². The number of rotatable bonds is 3. The van der Waals surface area contributed by atoms with E-state index in [0.29, 0.717) is 10.2 Å². The second-order valence-corrected chi connectivity index (χ2v) is 6.69. The molecule has 112 valence electrons. The Morgan fingerprint density at radius 3 is 2.73 bits per heavy atom. The molecule has 0 unspecified atom stereocenters. The number of benzene rings is 1. The molecule has 3 aromatic rings. The molecule has 22 heavy (non-hydrogen) atoms. The molecular formula is C13H12N6S3. The van der Waals surface area contributed by atoms with Crippen molar-refractivity contribution in [2.24, 2.45) is 0 Å². The summed E-state index contributed by atoms with van der Waals surface area (Å²) in [4.78, 5) is 0. The molecule has 6 nitrogen and oxygen atoms in total. The second kappa shape index (κ2) is 6.42. The molecule has 2 aromatic heterocycles. The number of hydrogen-bond acceptors (Lipinski definition) is 7. The van der Waals surface area contributed by atoms with E-state index in [4.69, 9.17) is 12.2 Å². The minimum absolute atomic E-state index is 0.445. The van der Waals surface area contributed by atoms with Gasteiger partial charge >= 0.3 is 0 Å². The molecule has 2 N–H and O–H groups in total. The highest BCUT2D eigenvalue weighted by atomic mass is 32.1. The van der Waals surface area contributed by atoms with Gasteiger partial charge in [0.05, 0.1) is 5.69 Å². The Bertz CT molecular complexity index is 809. The van der Waals surface area contributed by atoms with Crippen LogP contribution < -0.4 is 10.6 Å². The molecule has 0 amide bonds. The fourth-order valence-electron chi connectivity index (χ4n) is 1.75. The summed E-state index contributed by atoms with van der Waals surface area (Å²) in [6.45, 7) is 3.92. The van der Waals surface area contributed by atoms with Gasteiger partial charge in [0.1, 0.15) is 10.0 Å². The molecule has 0 saturated heterocycles. The van der Waals surface area contributed by atoms with Crippen LogP contribution in [-0.4, -0.2) is 24.9 Å². The number of nitrogens with zero attached hydrogens (tertiary/aromatic N) is 4. The molecule has 0 spiro atoms. The highest BCUT2D eigenvalue weighted by Gasteiger charge is 2.10. The quantitative estimate of drug-likeness (QED) is 0.702. The van der Waals surface area contributed by atoms with Crippen molar-refractivity contribution in [1.82, 2.24) is 19.8 Å². The summed E-state index contributed by atoms with van der Waals surface area (Å²) < 4.78 is 3.85. The zero-order valence-corrected chi connectivity index (χ0v) is 14.3. The van der Waals surface area contributed by atoms with E-state index in [1.807, 2.05) is 32.0 Å². The van der Waals surface area contributed by atoms with E-state index in [2.05, 4.69) is 36.5 Å². The van der Waals surface area contributed by atoms with Gasteiger partial charge in [0.25, 0.3) is 0 Å². The van der Waals surface area contributed by atoms with Gasteiger partial charge < -0.3 is 10.6 Å². The van der Waals surface area contributed by atoms with Gasteiger partial charge in [-0.1, -0.05) is 39.6 Å². The third-order valence-electron chi connectivity index (χ3n) is 2.79. The summed E-state index contributed by atoms with van der Waals surface area (Å²) in [6, 6.07) is 8.15. The summed E-state index contributed by atoms with van der Waals surface area (Å²) in [5.41, 5.74) is 3.05. The average Bonchev–Trinajstić information content (AvgIpc) is 3.09. The zero-order chi connectivity index (χ0) is 15.5. The molecule has 3 rings (SSSR count). The molecule has 0 aliphatic carbocycles. The van der Waals surface area contributed by atoms with E-state index in [0.717, 1.165) is 21.3 Å². The SMILES string of the molecule is Cc1cccc(-c2nnc(NC(=S)Nc3snnc3C)s2)c1. The Labute approximate surface area is 140 Å². The van der Waals surface area contributed by atoms with E-state index in [9.17, 15) is 0 Å². The maximum absolute atomic E-state index is 5.26. The Morgan fingerprint density at radius 2 is 2.00 bits per heavy atom. The molecule has 9 heteroatoms. The lowest BCUT2D eigenvalue weighted by atomic mass is 10.1. The highest BCUT2D eigenvalue weighted by molar-refractivity contribution is 7.80. The van der Waals surface area contributed by atoms with Gasteiger partial charge in [0, 0.05) is 17.1 Å². The van der Waals surface area contributed by atoms with E-state index >= 15 is 0 Å². The van der Waals surface area contributed by atoms with E-state index in [-0.39, 0.29) is 0 Å². The predicted molar refractivity (Wildman–Crippen MR) is 94.6 cm³/mol. The maximum atomic E-state index is 5.26. The number of aromatic nitrogens is 4. The van der Waals surface area contributed by atoms with Crippen LogP contribution in [0.25, 0.3) is 10.6 Å². The first-order valence-corrected chi connectivity index (χ1v) is 8.39. The van der Waals surface area contributed by atoms with Crippen LogP contribution in [0.15, 0.2) is 24.3 Å². The van der Waals surface area contributed by atoms with E-state index in [1.54, 1.807) is 0 Å². The van der Waals surface area contributed by atoms with Gasteiger partial charge in [-0.2, -0.15) is 0 Å². The highest BCUT2D eigenvalue weighted by Crippen LogP contribution is 2.27. The lowest BCUT2D eigenvalue weighted by Gasteiger charge is -2.05. The van der Waals surface area contributed by atoms with Crippen LogP contribution in [-0.2, 0) is 0 Å². The van der Waals surface area contributed by atoms with Gasteiger partial charge in [-0.05, 0) is 32.1 Å². The molecule has 0 aliphatic rings. The van der Waals surface area contributed by atoms with Gasteiger partial charge in [0.2, 0.25) is 5.13 Å². The number of aryl methyl sites for hydroxylation is 2. The molecule has 0 atom stereocenters. The van der Waals surface area contributed by atoms with Crippen LogP contribution in [0, 0.1) is 13.8 Å². The number of thiocarbonyl (C=S) groups is 1. The number of nitrogens with one attached hydrogen (secondary N) is 2. The number of anilines is 2. The van der Waals surface area contributed by atoms with Crippen molar-refractivity contribution in [2.75, 3.05) is 10.6 Å². The first-order valence-electron chi connectivity index (χ1n) is 6.39. The average molecular weight is 348 g/mol.